The topological polar surface area (TPSA) is 49.9 Å². The molecule has 2 unspecified atom stereocenters. The van der Waals surface area contributed by atoms with Gasteiger partial charge in [0, 0.05) is 6.54 Å². The average Bonchev–Trinajstić information content (AvgIpc) is 2.94. The second kappa shape index (κ2) is 5.25. The number of imide groups is 1. The molecule has 2 aliphatic heterocycles. The van der Waals surface area contributed by atoms with Gasteiger partial charge in [0.1, 0.15) is 0 Å². The van der Waals surface area contributed by atoms with Crippen LogP contribution >= 0.6 is 0 Å². The number of carbonyl (C=O) groups is 2. The van der Waals surface area contributed by atoms with Crippen molar-refractivity contribution < 1.29 is 14.3 Å². The van der Waals surface area contributed by atoms with Crippen molar-refractivity contribution in [2.24, 2.45) is 5.92 Å². The number of benzene rings is 1. The maximum Gasteiger partial charge on any atom is 0.327 e. The first kappa shape index (κ1) is 13.1. The van der Waals surface area contributed by atoms with Crippen molar-refractivity contribution in [2.45, 2.75) is 19.5 Å². The molecule has 3 amide bonds. The van der Waals surface area contributed by atoms with E-state index in [1.165, 1.54) is 4.90 Å². The highest BCUT2D eigenvalue weighted by molar-refractivity contribution is 5.98. The highest BCUT2D eigenvalue weighted by atomic mass is 16.5. The van der Waals surface area contributed by atoms with Gasteiger partial charge in [0.25, 0.3) is 0 Å². The number of hydrogen-bond acceptors (Lipinski definition) is 3. The molecule has 0 aromatic heterocycles. The van der Waals surface area contributed by atoms with Crippen LogP contribution in [0.3, 0.4) is 0 Å². The summed E-state index contributed by atoms with van der Waals surface area (Å²) in [6.07, 6.45) is 0. The maximum atomic E-state index is 12.5. The molecule has 0 bridgehead atoms. The molecular weight excluding hydrogens is 256 g/mol. The van der Waals surface area contributed by atoms with Crippen molar-refractivity contribution in [3.05, 3.63) is 35.9 Å². The Labute approximate surface area is 118 Å². The minimum atomic E-state index is -0.212. The van der Waals surface area contributed by atoms with Crippen LogP contribution in [-0.4, -0.2) is 47.5 Å². The number of fused-ring (bicyclic) bond motifs is 1. The molecule has 2 heterocycles. The zero-order valence-corrected chi connectivity index (χ0v) is 11.5. The van der Waals surface area contributed by atoms with Gasteiger partial charge in [0.05, 0.1) is 31.7 Å². The first-order valence-corrected chi connectivity index (χ1v) is 6.96. The van der Waals surface area contributed by atoms with E-state index in [2.05, 4.69) is 0 Å². The maximum absolute atomic E-state index is 12.5. The monoisotopic (exact) mass is 274 g/mol. The van der Waals surface area contributed by atoms with E-state index < -0.39 is 0 Å². The molecule has 0 radical (unpaired) electrons. The van der Waals surface area contributed by atoms with Gasteiger partial charge in [-0.1, -0.05) is 30.3 Å². The van der Waals surface area contributed by atoms with Crippen LogP contribution in [0.25, 0.3) is 0 Å². The van der Waals surface area contributed by atoms with Crippen molar-refractivity contribution >= 4 is 11.9 Å². The van der Waals surface area contributed by atoms with Crippen LogP contribution in [0, 0.1) is 5.92 Å². The van der Waals surface area contributed by atoms with Crippen molar-refractivity contribution in [3.8, 4) is 0 Å². The van der Waals surface area contributed by atoms with Crippen LogP contribution in [0.1, 0.15) is 12.5 Å². The predicted octanol–water partition coefficient (Wildman–Crippen LogP) is 1.49. The Balaban J connectivity index is 1.86. The third kappa shape index (κ3) is 2.08. The van der Waals surface area contributed by atoms with E-state index in [4.69, 9.17) is 4.74 Å². The van der Waals surface area contributed by atoms with Crippen molar-refractivity contribution in [1.82, 2.24) is 9.80 Å². The van der Waals surface area contributed by atoms with Crippen LogP contribution < -0.4 is 0 Å². The number of carbonyl (C=O) groups excluding carboxylic acids is 2. The number of hydrogen-bond donors (Lipinski definition) is 0. The Hall–Kier alpha value is -1.88. The molecule has 5 nitrogen and oxygen atoms in total. The number of amides is 3. The summed E-state index contributed by atoms with van der Waals surface area (Å²) in [7, 11) is 0. The van der Waals surface area contributed by atoms with Gasteiger partial charge in [-0.2, -0.15) is 0 Å². The van der Waals surface area contributed by atoms with Gasteiger partial charge in [-0.3, -0.25) is 9.69 Å². The van der Waals surface area contributed by atoms with E-state index in [0.717, 1.165) is 5.56 Å². The first-order valence-electron chi connectivity index (χ1n) is 6.96. The van der Waals surface area contributed by atoms with Crippen molar-refractivity contribution in [2.75, 3.05) is 19.8 Å². The molecule has 5 heteroatoms. The molecule has 20 heavy (non-hydrogen) atoms. The Morgan fingerprint density at radius 2 is 1.95 bits per heavy atom. The quantitative estimate of drug-likeness (QED) is 0.839. The minimum Gasteiger partial charge on any atom is -0.378 e. The average molecular weight is 274 g/mol. The van der Waals surface area contributed by atoms with Crippen LogP contribution in [0.4, 0.5) is 4.79 Å². The van der Waals surface area contributed by atoms with Crippen LogP contribution in [-0.2, 0) is 16.1 Å². The number of rotatable bonds is 3. The highest BCUT2D eigenvalue weighted by Crippen LogP contribution is 2.29. The smallest absolute Gasteiger partial charge is 0.327 e. The molecule has 1 aromatic carbocycles. The first-order chi connectivity index (χ1) is 9.72. The lowest BCUT2D eigenvalue weighted by Crippen LogP contribution is -2.60. The van der Waals surface area contributed by atoms with E-state index in [1.807, 2.05) is 37.3 Å². The number of ether oxygens (including phenoxy) is 1. The minimum absolute atomic E-state index is 0.0907. The molecular formula is C15H18N2O3. The molecule has 0 spiro atoms. The summed E-state index contributed by atoms with van der Waals surface area (Å²) in [6.45, 7) is 3.75. The largest absolute Gasteiger partial charge is 0.378 e. The summed E-state index contributed by atoms with van der Waals surface area (Å²) in [5.41, 5.74) is 0.961. The number of likely N-dealkylation sites (N-methyl/N-ethyl adjacent to an activating group) is 1. The molecule has 0 N–H and O–H groups in total. The van der Waals surface area contributed by atoms with Gasteiger partial charge < -0.3 is 9.64 Å². The lowest BCUT2D eigenvalue weighted by molar-refractivity contribution is -0.137. The Kier molecular flexibility index (Phi) is 3.44. The molecule has 2 aliphatic rings. The van der Waals surface area contributed by atoms with Crippen LogP contribution in [0.5, 0.6) is 0 Å². The van der Waals surface area contributed by atoms with E-state index >= 15 is 0 Å². The molecule has 0 aliphatic carbocycles. The van der Waals surface area contributed by atoms with E-state index in [-0.39, 0.29) is 23.9 Å². The fourth-order valence-electron chi connectivity index (χ4n) is 2.96. The standard InChI is InChI=1S/C15H18N2O3/c1-2-16-13-10-20-9-12(13)14(18)17(15(16)19)8-11-6-4-3-5-7-11/h3-7,12-13H,2,8-10H2,1H3. The fraction of sp³-hybridized carbons (Fsp3) is 0.467. The third-order valence-corrected chi connectivity index (χ3v) is 4.03. The SMILES string of the molecule is CCN1C(=O)N(Cc2ccccc2)C(=O)C2COCC21. The van der Waals surface area contributed by atoms with Crippen molar-refractivity contribution in [1.29, 1.82) is 0 Å². The van der Waals surface area contributed by atoms with Gasteiger partial charge in [0.15, 0.2) is 0 Å². The lowest BCUT2D eigenvalue weighted by atomic mass is 9.97. The van der Waals surface area contributed by atoms with Gasteiger partial charge >= 0.3 is 6.03 Å². The third-order valence-electron chi connectivity index (χ3n) is 4.03. The second-order valence-electron chi connectivity index (χ2n) is 5.19. The molecule has 2 fully saturated rings. The molecule has 1 aromatic rings. The van der Waals surface area contributed by atoms with Gasteiger partial charge in [-0.15, -0.1) is 0 Å². The molecule has 0 saturated carbocycles. The number of nitrogens with zero attached hydrogens (tertiary/aromatic N) is 2. The zero-order chi connectivity index (χ0) is 14.1. The number of urea groups is 1. The summed E-state index contributed by atoms with van der Waals surface area (Å²) in [5, 5.41) is 0. The van der Waals surface area contributed by atoms with Crippen molar-refractivity contribution in [3.63, 3.8) is 0 Å². The fourth-order valence-corrected chi connectivity index (χ4v) is 2.96. The summed E-state index contributed by atoms with van der Waals surface area (Å²) in [6, 6.07) is 9.30. The van der Waals surface area contributed by atoms with Gasteiger partial charge in [-0.25, -0.2) is 4.79 Å². The van der Waals surface area contributed by atoms with Crippen LogP contribution in [0.2, 0.25) is 0 Å². The Morgan fingerprint density at radius 3 is 2.65 bits per heavy atom. The second-order valence-corrected chi connectivity index (χ2v) is 5.19. The summed E-state index contributed by atoms with van der Waals surface area (Å²) >= 11 is 0. The van der Waals surface area contributed by atoms with E-state index in [1.54, 1.807) is 4.90 Å². The summed E-state index contributed by atoms with van der Waals surface area (Å²) in [5.74, 6) is -0.317. The molecule has 2 atom stereocenters. The van der Waals surface area contributed by atoms with Gasteiger partial charge in [0.2, 0.25) is 5.91 Å². The van der Waals surface area contributed by atoms with E-state index in [0.29, 0.717) is 26.3 Å². The van der Waals surface area contributed by atoms with Gasteiger partial charge in [-0.05, 0) is 12.5 Å². The molecule has 2 saturated heterocycles. The molecule has 3 rings (SSSR count). The summed E-state index contributed by atoms with van der Waals surface area (Å²) < 4.78 is 5.40. The Morgan fingerprint density at radius 1 is 1.20 bits per heavy atom. The Bertz CT molecular complexity index is 517. The van der Waals surface area contributed by atoms with E-state index in [9.17, 15) is 9.59 Å². The predicted molar refractivity (Wildman–Crippen MR) is 72.9 cm³/mol. The highest BCUT2D eigenvalue weighted by Gasteiger charge is 2.48. The van der Waals surface area contributed by atoms with Crippen LogP contribution in [0.15, 0.2) is 30.3 Å². The zero-order valence-electron chi connectivity index (χ0n) is 11.5. The molecule has 106 valence electrons. The normalized spacial score (nSPS) is 26.1. The summed E-state index contributed by atoms with van der Waals surface area (Å²) in [4.78, 5) is 28.1. The lowest BCUT2D eigenvalue weighted by Gasteiger charge is -2.40.